The van der Waals surface area contributed by atoms with E-state index < -0.39 is 24.7 Å². The van der Waals surface area contributed by atoms with Gasteiger partial charge in [-0.1, -0.05) is 48.5 Å². The largest absolute Gasteiger partial charge is 0.491 e. The van der Waals surface area contributed by atoms with Crippen molar-refractivity contribution in [2.75, 3.05) is 19.7 Å². The minimum atomic E-state index is -5.24. The second-order valence-corrected chi connectivity index (χ2v) is 8.25. The number of nitrogens with one attached hydrogen (secondary N) is 1. The fourth-order valence-corrected chi connectivity index (χ4v) is 4.06. The third kappa shape index (κ3) is 6.58. The first-order valence-corrected chi connectivity index (χ1v) is 11.1. The smallest absolute Gasteiger partial charge is 0.482 e. The highest BCUT2D eigenvalue weighted by Crippen LogP contribution is 2.30. The van der Waals surface area contributed by atoms with E-state index in [1.54, 1.807) is 12.1 Å². The molecule has 2 unspecified atom stereocenters. The first-order chi connectivity index (χ1) is 16.8. The monoisotopic (exact) mass is 487 g/mol. The van der Waals surface area contributed by atoms with E-state index in [1.165, 1.54) is 5.39 Å². The summed E-state index contributed by atoms with van der Waals surface area (Å²) in [5, 5.41) is 5.70. The molecule has 0 bridgehead atoms. The number of carbonyl (C=O) groups is 2. The number of fused-ring (bicyclic) bond motifs is 1. The maximum Gasteiger partial charge on any atom is 0.491 e. The van der Waals surface area contributed by atoms with Gasteiger partial charge in [0.05, 0.1) is 12.7 Å². The molecule has 3 aromatic rings. The van der Waals surface area contributed by atoms with Crippen molar-refractivity contribution in [3.05, 3.63) is 77.9 Å². The number of alkyl halides is 3. The van der Waals surface area contributed by atoms with E-state index in [-0.39, 0.29) is 17.8 Å². The zero-order chi connectivity index (χ0) is 24.8. The second-order valence-electron chi connectivity index (χ2n) is 8.25. The number of halogens is 3. The molecule has 184 valence electrons. The van der Waals surface area contributed by atoms with Crippen molar-refractivity contribution in [1.82, 2.24) is 5.32 Å². The Hall–Kier alpha value is -3.43. The molecule has 0 aromatic heterocycles. The van der Waals surface area contributed by atoms with Gasteiger partial charge >= 0.3 is 18.1 Å². The van der Waals surface area contributed by atoms with Crippen LogP contribution in [0.5, 0.6) is 5.75 Å². The number of benzene rings is 3. The minimum Gasteiger partial charge on any atom is -0.482 e. The number of ether oxygens (including phenoxy) is 3. The Kier molecular flexibility index (Phi) is 7.67. The van der Waals surface area contributed by atoms with Crippen molar-refractivity contribution in [2.24, 2.45) is 0 Å². The highest BCUT2D eigenvalue weighted by atomic mass is 19.4. The molecular formula is C26H24F3NO5. The summed E-state index contributed by atoms with van der Waals surface area (Å²) in [4.78, 5) is 22.1. The van der Waals surface area contributed by atoms with Crippen molar-refractivity contribution < 1.29 is 37.0 Å². The molecule has 1 heterocycles. The third-order valence-corrected chi connectivity index (χ3v) is 5.81. The van der Waals surface area contributed by atoms with E-state index in [9.17, 15) is 22.8 Å². The Bertz CT molecular complexity index is 1180. The lowest BCUT2D eigenvalue weighted by molar-refractivity contribution is -0.202. The lowest BCUT2D eigenvalue weighted by atomic mass is 9.87. The van der Waals surface area contributed by atoms with Crippen LogP contribution in [0, 0.1) is 0 Å². The lowest BCUT2D eigenvalue weighted by Gasteiger charge is -2.32. The van der Waals surface area contributed by atoms with Gasteiger partial charge in [0.2, 0.25) is 0 Å². The molecule has 3 aromatic carbocycles. The van der Waals surface area contributed by atoms with E-state index in [2.05, 4.69) is 40.4 Å². The fourth-order valence-electron chi connectivity index (χ4n) is 4.06. The van der Waals surface area contributed by atoms with Gasteiger partial charge < -0.3 is 19.5 Å². The number of carbonyl (C=O) groups excluding carboxylic acids is 2. The van der Waals surface area contributed by atoms with Gasteiger partial charge in [0.25, 0.3) is 0 Å². The van der Waals surface area contributed by atoms with Crippen molar-refractivity contribution >= 4 is 22.7 Å². The van der Waals surface area contributed by atoms with Crippen LogP contribution >= 0.6 is 0 Å². The second kappa shape index (κ2) is 10.9. The highest BCUT2D eigenvalue weighted by Gasteiger charge is 2.42. The number of rotatable bonds is 7. The highest BCUT2D eigenvalue weighted by molar-refractivity contribution is 5.89. The van der Waals surface area contributed by atoms with Gasteiger partial charge in [-0.3, -0.25) is 0 Å². The summed E-state index contributed by atoms with van der Waals surface area (Å²) in [6.45, 7) is 1.22. The maximum absolute atomic E-state index is 12.2. The normalized spacial score (nSPS) is 18.3. The van der Waals surface area contributed by atoms with Crippen LogP contribution in [0.2, 0.25) is 0 Å². The van der Waals surface area contributed by atoms with Crippen molar-refractivity contribution in [3.8, 4) is 5.75 Å². The third-order valence-electron chi connectivity index (χ3n) is 5.81. The molecule has 9 heteroatoms. The van der Waals surface area contributed by atoms with E-state index in [0.717, 1.165) is 29.5 Å². The number of esters is 2. The molecule has 1 aliphatic rings. The van der Waals surface area contributed by atoms with Crippen LogP contribution < -0.4 is 10.1 Å². The zero-order valence-corrected chi connectivity index (χ0v) is 18.7. The molecule has 0 radical (unpaired) electrons. The Morgan fingerprint density at radius 3 is 2.46 bits per heavy atom. The SMILES string of the molecule is O=C(COc1ccc(C2CCNCC2OCc2ccc3ccccc3c2)cc1)OC(=O)C(F)(F)F. The summed E-state index contributed by atoms with van der Waals surface area (Å²) in [6, 6.07) is 21.3. The predicted octanol–water partition coefficient (Wildman–Crippen LogP) is 4.51. The summed E-state index contributed by atoms with van der Waals surface area (Å²) in [5.74, 6) is -3.58. The van der Waals surface area contributed by atoms with Gasteiger partial charge in [-0.05, 0) is 53.1 Å². The van der Waals surface area contributed by atoms with Gasteiger partial charge in [0.1, 0.15) is 5.75 Å². The van der Waals surface area contributed by atoms with Crippen LogP contribution in [0.15, 0.2) is 66.7 Å². The summed E-state index contributed by atoms with van der Waals surface area (Å²) < 4.78 is 51.6. The summed E-state index contributed by atoms with van der Waals surface area (Å²) >= 11 is 0. The van der Waals surface area contributed by atoms with Crippen molar-refractivity contribution in [2.45, 2.75) is 31.2 Å². The first-order valence-electron chi connectivity index (χ1n) is 11.1. The average Bonchev–Trinajstić information content (AvgIpc) is 2.86. The fraction of sp³-hybridized carbons (Fsp3) is 0.308. The van der Waals surface area contributed by atoms with Gasteiger partial charge in [0.15, 0.2) is 6.61 Å². The Labute approximate surface area is 200 Å². The van der Waals surface area contributed by atoms with E-state index in [0.29, 0.717) is 13.2 Å². The Morgan fingerprint density at radius 1 is 0.971 bits per heavy atom. The van der Waals surface area contributed by atoms with Crippen LogP contribution in [0.1, 0.15) is 23.5 Å². The molecular weight excluding hydrogens is 463 g/mol. The van der Waals surface area contributed by atoms with Crippen molar-refractivity contribution in [1.29, 1.82) is 0 Å². The van der Waals surface area contributed by atoms with Crippen LogP contribution in [-0.4, -0.2) is 43.9 Å². The number of hydrogen-bond acceptors (Lipinski definition) is 6. The molecule has 4 rings (SSSR count). The molecule has 1 saturated heterocycles. The van der Waals surface area contributed by atoms with Crippen LogP contribution in [-0.2, 0) is 25.7 Å². The molecule has 1 fully saturated rings. The van der Waals surface area contributed by atoms with E-state index in [1.807, 2.05) is 24.3 Å². The number of piperidine rings is 1. The number of hydrogen-bond donors (Lipinski definition) is 1. The molecule has 35 heavy (non-hydrogen) atoms. The molecule has 0 saturated carbocycles. The zero-order valence-electron chi connectivity index (χ0n) is 18.7. The van der Waals surface area contributed by atoms with E-state index >= 15 is 0 Å². The van der Waals surface area contributed by atoms with Crippen LogP contribution in [0.4, 0.5) is 13.2 Å². The quantitative estimate of drug-likeness (QED) is 0.391. The molecule has 1 aliphatic heterocycles. The topological polar surface area (TPSA) is 73.9 Å². The molecule has 0 spiro atoms. The summed E-state index contributed by atoms with van der Waals surface area (Å²) in [5.41, 5.74) is 2.12. The molecule has 0 aliphatic carbocycles. The van der Waals surface area contributed by atoms with Crippen molar-refractivity contribution in [3.63, 3.8) is 0 Å². The minimum absolute atomic E-state index is 0.0506. The predicted molar refractivity (Wildman–Crippen MR) is 122 cm³/mol. The van der Waals surface area contributed by atoms with Crippen LogP contribution in [0.3, 0.4) is 0 Å². The molecule has 6 nitrogen and oxygen atoms in total. The molecule has 2 atom stereocenters. The average molecular weight is 487 g/mol. The van der Waals surface area contributed by atoms with Gasteiger partial charge in [0, 0.05) is 12.5 Å². The molecule has 0 amide bonds. The Morgan fingerprint density at radius 2 is 1.71 bits per heavy atom. The summed E-state index contributed by atoms with van der Waals surface area (Å²) in [7, 11) is 0. The van der Waals surface area contributed by atoms with E-state index in [4.69, 9.17) is 9.47 Å². The molecule has 1 N–H and O–H groups in total. The lowest BCUT2D eigenvalue weighted by Crippen LogP contribution is -2.40. The van der Waals surface area contributed by atoms with Crippen LogP contribution in [0.25, 0.3) is 10.8 Å². The first kappa shape index (κ1) is 24.7. The van der Waals surface area contributed by atoms with Gasteiger partial charge in [-0.2, -0.15) is 13.2 Å². The van der Waals surface area contributed by atoms with Gasteiger partial charge in [-0.15, -0.1) is 0 Å². The maximum atomic E-state index is 12.2. The van der Waals surface area contributed by atoms with Gasteiger partial charge in [-0.25, -0.2) is 9.59 Å². The summed E-state index contributed by atoms with van der Waals surface area (Å²) in [6.07, 6.45) is -4.42. The standard InChI is InChI=1S/C26H24F3NO5/c27-26(28,29)25(32)35-24(31)16-33-21-9-7-19(8-10-21)22-11-12-30-14-23(22)34-15-17-5-6-18-3-1-2-4-20(18)13-17/h1-10,13,22-23,30H,11-12,14-16H2. The Balaban J connectivity index is 1.33.